The Labute approximate surface area is 341 Å². The molecule has 21 nitrogen and oxygen atoms in total. The molecule has 8 N–H and O–H groups in total. The second kappa shape index (κ2) is 16.4. The zero-order valence-corrected chi connectivity index (χ0v) is 33.5. The maximum Gasteiger partial charge on any atom is 0.294 e. The molecule has 60 heavy (non-hydrogen) atoms. The molecule has 23 heteroatoms. The predicted molar refractivity (Wildman–Crippen MR) is 219 cm³/mol. The number of nitrogens with zero attached hydrogens (tertiary/aromatic N) is 5. The number of amides is 4. The fourth-order valence-electron chi connectivity index (χ4n) is 5.94. The van der Waals surface area contributed by atoms with E-state index in [2.05, 4.69) is 31.6 Å². The summed E-state index contributed by atoms with van der Waals surface area (Å²) in [5.74, 6) is -2.36. The van der Waals surface area contributed by atoms with E-state index in [0.717, 1.165) is 12.1 Å². The standard InChI is InChI=1S/C37H36N10O11S2/c1-44-17-23(13-29(44)33(48)38-21-7-5-9-27(11-21)59(53,54)55)40-35(50)31-15-25(19-46(31)3)42-37(52)43-26-16-32(47(4)20-26)36(51)41-24-14-30(45(2)18-24)34(49)39-22-8-6-10-28(12-22)60(56,57)58/h5-20H,1-4H3,(H,38,48)(H,39,49)(H,40,50)(H,41,51)(H2,42,43,52)(H,53,54,55)(H,56,57,58). The van der Waals surface area contributed by atoms with Gasteiger partial charge in [0, 0.05) is 64.4 Å². The Morgan fingerprint density at radius 3 is 1.20 bits per heavy atom. The fourth-order valence-corrected chi connectivity index (χ4v) is 6.99. The molecule has 0 saturated carbocycles. The van der Waals surface area contributed by atoms with Crippen molar-refractivity contribution in [1.29, 1.82) is 0 Å². The molecule has 0 aliphatic carbocycles. The zero-order valence-electron chi connectivity index (χ0n) is 31.9. The van der Waals surface area contributed by atoms with Gasteiger partial charge in [-0.05, 0) is 60.7 Å². The lowest BCUT2D eigenvalue weighted by Crippen LogP contribution is -2.15. The molecule has 0 aliphatic heterocycles. The van der Waals surface area contributed by atoms with Gasteiger partial charge in [0.15, 0.2) is 0 Å². The van der Waals surface area contributed by atoms with Crippen LogP contribution < -0.4 is 26.6 Å². The molecule has 0 saturated heterocycles. The van der Waals surface area contributed by atoms with Crippen LogP contribution in [0.25, 0.3) is 0 Å². The van der Waals surface area contributed by atoms with Crippen molar-refractivity contribution in [2.45, 2.75) is 9.79 Å². The maximum absolute atomic E-state index is 13.2. The van der Waals surface area contributed by atoms with E-state index in [4.69, 9.17) is 0 Å². The molecule has 6 rings (SSSR count). The highest BCUT2D eigenvalue weighted by Gasteiger charge is 2.20. The van der Waals surface area contributed by atoms with E-state index in [9.17, 15) is 50.2 Å². The average Bonchev–Trinajstić information content (AvgIpc) is 3.92. The predicted octanol–water partition coefficient (Wildman–Crippen LogP) is 4.20. The Bertz CT molecular complexity index is 2960. The first kappa shape index (κ1) is 42.1. The number of hydrogen-bond donors (Lipinski definition) is 8. The lowest BCUT2D eigenvalue weighted by Gasteiger charge is -2.07. The lowest BCUT2D eigenvalue weighted by molar-refractivity contribution is 0.101. The third kappa shape index (κ3) is 9.79. The summed E-state index contributed by atoms with van der Waals surface area (Å²) in [7, 11) is -2.66. The van der Waals surface area contributed by atoms with Gasteiger partial charge in [-0.2, -0.15) is 21.8 Å². The van der Waals surface area contributed by atoms with Crippen LogP contribution in [-0.2, 0) is 48.4 Å². The van der Waals surface area contributed by atoms with E-state index >= 15 is 0 Å². The SMILES string of the molecule is Cn1cc(N=C(O)Nc2cc(C(=O)Nc3cc(C(=O)Nc4cccc(S(=O)(=O)O)c4)n(C)c3)n(C)c2)cc1C(=O)Nc1cc(C(=O)Nc2cccc(S(=O)(=O)O)c2)n(C)c1. The molecule has 312 valence electrons. The number of aromatic nitrogens is 4. The van der Waals surface area contributed by atoms with Gasteiger partial charge in [-0.25, -0.2) is 0 Å². The van der Waals surface area contributed by atoms with Crippen LogP contribution in [0.5, 0.6) is 0 Å². The molecule has 0 radical (unpaired) electrons. The topological polar surface area (TPSA) is 289 Å². The lowest BCUT2D eigenvalue weighted by atomic mass is 10.3. The molecule has 2 aromatic carbocycles. The molecule has 4 heterocycles. The summed E-state index contributed by atoms with van der Waals surface area (Å²) >= 11 is 0. The average molecular weight is 861 g/mol. The number of aryl methyl sites for hydroxylation is 4. The zero-order chi connectivity index (χ0) is 43.7. The van der Waals surface area contributed by atoms with Crippen molar-refractivity contribution in [3.8, 4) is 0 Å². The largest absolute Gasteiger partial charge is 0.480 e. The Morgan fingerprint density at radius 1 is 0.483 bits per heavy atom. The molecule has 0 atom stereocenters. The van der Waals surface area contributed by atoms with Crippen molar-refractivity contribution < 1.29 is 50.2 Å². The summed E-state index contributed by atoms with van der Waals surface area (Å²) in [4.78, 5) is 55.6. The maximum atomic E-state index is 13.2. The normalized spacial score (nSPS) is 11.9. The molecule has 4 amide bonds. The van der Waals surface area contributed by atoms with Gasteiger partial charge in [-0.3, -0.25) is 28.3 Å². The van der Waals surface area contributed by atoms with Crippen molar-refractivity contribution in [3.63, 3.8) is 0 Å². The van der Waals surface area contributed by atoms with E-state index < -0.39 is 59.7 Å². The smallest absolute Gasteiger partial charge is 0.294 e. The number of amidine groups is 1. The van der Waals surface area contributed by atoms with Gasteiger partial charge < -0.3 is 50.0 Å². The first-order valence-electron chi connectivity index (χ1n) is 17.3. The Kier molecular flexibility index (Phi) is 11.5. The highest BCUT2D eigenvalue weighted by atomic mass is 32.2. The van der Waals surface area contributed by atoms with Gasteiger partial charge in [0.1, 0.15) is 22.8 Å². The van der Waals surface area contributed by atoms with Crippen molar-refractivity contribution in [2.75, 3.05) is 26.6 Å². The Hall–Kier alpha value is -7.47. The monoisotopic (exact) mass is 860 g/mol. The summed E-state index contributed by atoms with van der Waals surface area (Å²) in [6.07, 6.45) is 5.98. The quantitative estimate of drug-likeness (QED) is 0.0488. The van der Waals surface area contributed by atoms with Crippen LogP contribution in [0.15, 0.2) is 112 Å². The van der Waals surface area contributed by atoms with Gasteiger partial charge in [-0.15, -0.1) is 0 Å². The molecular weight excluding hydrogens is 825 g/mol. The second-order valence-corrected chi connectivity index (χ2v) is 16.1. The molecule has 0 unspecified atom stereocenters. The van der Waals surface area contributed by atoms with Crippen LogP contribution in [0.3, 0.4) is 0 Å². The molecular formula is C37H36N10O11S2. The first-order chi connectivity index (χ1) is 28.1. The number of benzene rings is 2. The van der Waals surface area contributed by atoms with Crippen LogP contribution in [0.4, 0.5) is 34.1 Å². The minimum Gasteiger partial charge on any atom is -0.480 e. The molecule has 0 bridgehead atoms. The summed E-state index contributed by atoms with van der Waals surface area (Å²) in [5.41, 5.74) is 1.80. The van der Waals surface area contributed by atoms with E-state index in [1.165, 1.54) is 104 Å². The van der Waals surface area contributed by atoms with Crippen molar-refractivity contribution in [2.24, 2.45) is 33.2 Å². The van der Waals surface area contributed by atoms with Gasteiger partial charge >= 0.3 is 0 Å². The molecule has 4 aromatic heterocycles. The summed E-state index contributed by atoms with van der Waals surface area (Å²) < 4.78 is 70.3. The number of aliphatic imine (C=N–C) groups is 1. The van der Waals surface area contributed by atoms with Crippen molar-refractivity contribution in [1.82, 2.24) is 18.3 Å². The van der Waals surface area contributed by atoms with Gasteiger partial charge in [-0.1, -0.05) is 12.1 Å². The second-order valence-electron chi connectivity index (χ2n) is 13.3. The molecule has 0 fully saturated rings. The highest BCUT2D eigenvalue weighted by Crippen LogP contribution is 2.23. The first-order valence-corrected chi connectivity index (χ1v) is 20.1. The summed E-state index contributed by atoms with van der Waals surface area (Å²) in [5, 5.41) is 23.8. The molecule has 0 aliphatic rings. The summed E-state index contributed by atoms with van der Waals surface area (Å²) in [6, 6.07) is 15.2. The number of rotatable bonds is 12. The van der Waals surface area contributed by atoms with Crippen molar-refractivity contribution >= 4 is 84.0 Å². The number of aliphatic hydroxyl groups excluding tert-OH is 1. The van der Waals surface area contributed by atoms with Crippen molar-refractivity contribution in [3.05, 3.63) is 120 Å². The van der Waals surface area contributed by atoms with Gasteiger partial charge in [0.25, 0.3) is 49.9 Å². The van der Waals surface area contributed by atoms with Crippen LogP contribution in [0.2, 0.25) is 0 Å². The van der Waals surface area contributed by atoms with Crippen LogP contribution in [0, 0.1) is 0 Å². The Balaban J connectivity index is 1.06. The van der Waals surface area contributed by atoms with E-state index in [1.54, 1.807) is 28.2 Å². The van der Waals surface area contributed by atoms with Crippen LogP contribution in [0.1, 0.15) is 42.0 Å². The fraction of sp³-hybridized carbons (Fsp3) is 0.108. The van der Waals surface area contributed by atoms with E-state index in [-0.39, 0.29) is 56.9 Å². The number of carbonyl (C=O) groups excluding carboxylic acids is 4. The number of anilines is 5. The molecule has 0 spiro atoms. The number of nitrogens with one attached hydrogen (secondary N) is 5. The number of hydrogen-bond acceptors (Lipinski definition) is 9. The van der Waals surface area contributed by atoms with E-state index in [0.29, 0.717) is 0 Å². The Morgan fingerprint density at radius 2 is 0.817 bits per heavy atom. The van der Waals surface area contributed by atoms with E-state index in [1.807, 2.05) is 0 Å². The minimum absolute atomic E-state index is 0.117. The van der Waals surface area contributed by atoms with Crippen LogP contribution in [-0.4, -0.2) is 79.0 Å². The van der Waals surface area contributed by atoms with Crippen LogP contribution >= 0.6 is 0 Å². The highest BCUT2D eigenvalue weighted by molar-refractivity contribution is 7.86. The third-order valence-electron chi connectivity index (χ3n) is 8.72. The van der Waals surface area contributed by atoms with Gasteiger partial charge in [0.05, 0.1) is 32.5 Å². The number of aliphatic hydroxyl groups is 1. The number of carbonyl (C=O) groups is 4. The van der Waals surface area contributed by atoms with Gasteiger partial charge in [0.2, 0.25) is 0 Å². The summed E-state index contributed by atoms with van der Waals surface area (Å²) in [6.45, 7) is 0. The third-order valence-corrected chi connectivity index (χ3v) is 10.4. The minimum atomic E-state index is -4.49. The molecule has 6 aromatic rings.